The third-order valence-electron chi connectivity index (χ3n) is 2.87. The molecule has 0 bridgehead atoms. The monoisotopic (exact) mass is 268 g/mol. The van der Waals surface area contributed by atoms with Crippen LogP contribution in [0.3, 0.4) is 0 Å². The standard InChI is InChI=1S/C18H17Cl/c19-14-6-2-5-7-16-10-12-18(13-11-16)15-17-8-3-1-4-9-17/h1,3-4,8-13H,2,6,14-15H2. The van der Waals surface area contributed by atoms with Gasteiger partial charge in [-0.2, -0.15) is 0 Å². The number of unbranched alkanes of at least 4 members (excludes halogenated alkanes) is 1. The predicted molar refractivity (Wildman–Crippen MR) is 82.5 cm³/mol. The number of halogens is 1. The van der Waals surface area contributed by atoms with E-state index in [1.165, 1.54) is 11.1 Å². The zero-order valence-corrected chi connectivity index (χ0v) is 11.7. The maximum atomic E-state index is 5.61. The first-order valence-corrected chi connectivity index (χ1v) is 7.09. The van der Waals surface area contributed by atoms with Crippen LogP contribution < -0.4 is 0 Å². The third-order valence-corrected chi connectivity index (χ3v) is 3.14. The highest BCUT2D eigenvalue weighted by Gasteiger charge is 1.95. The molecular formula is C18H17Cl. The van der Waals surface area contributed by atoms with Gasteiger partial charge in [0.25, 0.3) is 0 Å². The van der Waals surface area contributed by atoms with E-state index in [9.17, 15) is 0 Å². The molecule has 2 rings (SSSR count). The molecule has 0 amide bonds. The van der Waals surface area contributed by atoms with Crippen LogP contribution >= 0.6 is 11.6 Å². The van der Waals surface area contributed by atoms with Crippen LogP contribution in [-0.2, 0) is 6.42 Å². The summed E-state index contributed by atoms with van der Waals surface area (Å²) in [5, 5.41) is 0. The molecule has 0 saturated heterocycles. The first kappa shape index (κ1) is 13.7. The van der Waals surface area contributed by atoms with Gasteiger partial charge >= 0.3 is 0 Å². The van der Waals surface area contributed by atoms with Crippen molar-refractivity contribution in [2.75, 3.05) is 5.88 Å². The van der Waals surface area contributed by atoms with Gasteiger partial charge in [0, 0.05) is 17.9 Å². The van der Waals surface area contributed by atoms with E-state index in [0.29, 0.717) is 5.88 Å². The average Bonchev–Trinajstić information content (AvgIpc) is 2.46. The van der Waals surface area contributed by atoms with Crippen molar-refractivity contribution in [1.29, 1.82) is 0 Å². The Kier molecular flexibility index (Phi) is 5.53. The first-order chi connectivity index (χ1) is 9.38. The molecule has 2 aromatic rings. The predicted octanol–water partition coefficient (Wildman–Crippen LogP) is 4.65. The summed E-state index contributed by atoms with van der Waals surface area (Å²) in [6.45, 7) is 0. The van der Waals surface area contributed by atoms with Crippen LogP contribution in [0.1, 0.15) is 29.5 Å². The van der Waals surface area contributed by atoms with Gasteiger partial charge in [-0.1, -0.05) is 54.3 Å². The van der Waals surface area contributed by atoms with Crippen molar-refractivity contribution in [3.63, 3.8) is 0 Å². The normalized spacial score (nSPS) is 9.74. The Bertz CT molecular complexity index is 544. The molecule has 2 aromatic carbocycles. The SMILES string of the molecule is ClCCCC#Cc1ccc(Cc2ccccc2)cc1. The lowest BCUT2D eigenvalue weighted by Gasteiger charge is -2.01. The van der Waals surface area contributed by atoms with Crippen molar-refractivity contribution in [2.24, 2.45) is 0 Å². The van der Waals surface area contributed by atoms with Crippen molar-refractivity contribution in [3.05, 3.63) is 71.3 Å². The highest BCUT2D eigenvalue weighted by Crippen LogP contribution is 2.10. The van der Waals surface area contributed by atoms with Crippen LogP contribution in [0, 0.1) is 11.8 Å². The van der Waals surface area contributed by atoms with E-state index in [1.807, 2.05) is 6.07 Å². The summed E-state index contributed by atoms with van der Waals surface area (Å²) >= 11 is 5.61. The molecule has 0 heterocycles. The minimum atomic E-state index is 0.685. The summed E-state index contributed by atoms with van der Waals surface area (Å²) in [7, 11) is 0. The number of benzene rings is 2. The van der Waals surface area contributed by atoms with Gasteiger partial charge in [0.15, 0.2) is 0 Å². The van der Waals surface area contributed by atoms with E-state index >= 15 is 0 Å². The Labute approximate surface area is 120 Å². The third kappa shape index (κ3) is 4.81. The fraction of sp³-hybridized carbons (Fsp3) is 0.222. The Morgan fingerprint density at radius 2 is 1.53 bits per heavy atom. The van der Waals surface area contributed by atoms with Gasteiger partial charge in [-0.3, -0.25) is 0 Å². The Morgan fingerprint density at radius 3 is 2.21 bits per heavy atom. The topological polar surface area (TPSA) is 0 Å². The van der Waals surface area contributed by atoms with E-state index < -0.39 is 0 Å². The molecule has 0 unspecified atom stereocenters. The number of rotatable bonds is 4. The van der Waals surface area contributed by atoms with E-state index in [4.69, 9.17) is 11.6 Å². The quantitative estimate of drug-likeness (QED) is 0.430. The molecule has 96 valence electrons. The lowest BCUT2D eigenvalue weighted by atomic mass is 10.0. The Hall–Kier alpha value is -1.71. The van der Waals surface area contributed by atoms with Crippen molar-refractivity contribution in [3.8, 4) is 11.8 Å². The molecule has 0 fully saturated rings. The lowest BCUT2D eigenvalue weighted by molar-refractivity contribution is 0.991. The molecule has 0 atom stereocenters. The van der Waals surface area contributed by atoms with Gasteiger partial charge < -0.3 is 0 Å². The molecule has 0 saturated carbocycles. The molecular weight excluding hydrogens is 252 g/mol. The molecule has 0 nitrogen and oxygen atoms in total. The summed E-state index contributed by atoms with van der Waals surface area (Å²) < 4.78 is 0. The van der Waals surface area contributed by atoms with Gasteiger partial charge in [0.1, 0.15) is 0 Å². The minimum Gasteiger partial charge on any atom is -0.127 e. The average molecular weight is 269 g/mol. The summed E-state index contributed by atoms with van der Waals surface area (Å²) in [5.74, 6) is 6.98. The van der Waals surface area contributed by atoms with E-state index in [2.05, 4.69) is 60.4 Å². The number of hydrogen-bond donors (Lipinski definition) is 0. The maximum absolute atomic E-state index is 5.61. The summed E-state index contributed by atoms with van der Waals surface area (Å²) in [5.41, 5.74) is 3.73. The zero-order valence-electron chi connectivity index (χ0n) is 10.9. The molecule has 0 spiro atoms. The highest BCUT2D eigenvalue weighted by molar-refractivity contribution is 6.17. The maximum Gasteiger partial charge on any atom is 0.0245 e. The molecule has 0 N–H and O–H groups in total. The van der Waals surface area contributed by atoms with Crippen LogP contribution in [0.2, 0.25) is 0 Å². The van der Waals surface area contributed by atoms with Gasteiger partial charge in [-0.05, 0) is 36.1 Å². The second kappa shape index (κ2) is 7.67. The smallest absolute Gasteiger partial charge is 0.0245 e. The van der Waals surface area contributed by atoms with Crippen LogP contribution in [-0.4, -0.2) is 5.88 Å². The Balaban J connectivity index is 1.96. The molecule has 0 aliphatic rings. The molecule has 0 aromatic heterocycles. The Morgan fingerprint density at radius 1 is 0.842 bits per heavy atom. The molecule has 0 aliphatic heterocycles. The van der Waals surface area contributed by atoms with Crippen LogP contribution in [0.5, 0.6) is 0 Å². The van der Waals surface area contributed by atoms with Gasteiger partial charge in [-0.15, -0.1) is 11.6 Å². The first-order valence-electron chi connectivity index (χ1n) is 6.56. The molecule has 0 aliphatic carbocycles. The van der Waals surface area contributed by atoms with E-state index in [0.717, 1.165) is 24.8 Å². The lowest BCUT2D eigenvalue weighted by Crippen LogP contribution is -1.87. The summed E-state index contributed by atoms with van der Waals surface area (Å²) in [4.78, 5) is 0. The van der Waals surface area contributed by atoms with E-state index in [1.54, 1.807) is 0 Å². The van der Waals surface area contributed by atoms with E-state index in [-0.39, 0.29) is 0 Å². The molecule has 0 radical (unpaired) electrons. The van der Waals surface area contributed by atoms with Gasteiger partial charge in [0.2, 0.25) is 0 Å². The summed E-state index contributed by atoms with van der Waals surface area (Å²) in [6.07, 6.45) is 2.80. The molecule has 19 heavy (non-hydrogen) atoms. The zero-order chi connectivity index (χ0) is 13.3. The van der Waals surface area contributed by atoms with Crippen molar-refractivity contribution < 1.29 is 0 Å². The molecule has 1 heteroatoms. The van der Waals surface area contributed by atoms with Crippen molar-refractivity contribution >= 4 is 11.6 Å². The number of alkyl halides is 1. The van der Waals surface area contributed by atoms with Crippen LogP contribution in [0.15, 0.2) is 54.6 Å². The fourth-order valence-electron chi connectivity index (χ4n) is 1.86. The number of hydrogen-bond acceptors (Lipinski definition) is 0. The minimum absolute atomic E-state index is 0.685. The van der Waals surface area contributed by atoms with Crippen LogP contribution in [0.25, 0.3) is 0 Å². The second-order valence-electron chi connectivity index (χ2n) is 4.45. The van der Waals surface area contributed by atoms with Gasteiger partial charge in [-0.25, -0.2) is 0 Å². The summed E-state index contributed by atoms with van der Waals surface area (Å²) in [6, 6.07) is 19.0. The van der Waals surface area contributed by atoms with Gasteiger partial charge in [0.05, 0.1) is 0 Å². The highest BCUT2D eigenvalue weighted by atomic mass is 35.5. The largest absolute Gasteiger partial charge is 0.127 e. The second-order valence-corrected chi connectivity index (χ2v) is 4.83. The van der Waals surface area contributed by atoms with Crippen molar-refractivity contribution in [1.82, 2.24) is 0 Å². The van der Waals surface area contributed by atoms with Crippen molar-refractivity contribution in [2.45, 2.75) is 19.3 Å². The van der Waals surface area contributed by atoms with Crippen LogP contribution in [0.4, 0.5) is 0 Å². The fourth-order valence-corrected chi connectivity index (χ4v) is 1.99.